The van der Waals surface area contributed by atoms with Crippen LogP contribution in [0.5, 0.6) is 11.5 Å². The van der Waals surface area contributed by atoms with Crippen molar-refractivity contribution in [3.05, 3.63) is 59.6 Å². The lowest BCUT2D eigenvalue weighted by Crippen LogP contribution is -2.13. The van der Waals surface area contributed by atoms with Crippen molar-refractivity contribution in [2.24, 2.45) is 0 Å². The molecule has 0 amide bonds. The molecule has 3 aromatic rings. The van der Waals surface area contributed by atoms with Gasteiger partial charge in [0.2, 0.25) is 0 Å². The molecule has 0 aliphatic carbocycles. The predicted molar refractivity (Wildman–Crippen MR) is 99.3 cm³/mol. The molecule has 0 spiro atoms. The highest BCUT2D eigenvalue weighted by molar-refractivity contribution is 7.92. The molecule has 0 bridgehead atoms. The maximum atomic E-state index is 12.8. The van der Waals surface area contributed by atoms with Gasteiger partial charge in [0.15, 0.2) is 0 Å². The largest absolute Gasteiger partial charge is 0.495 e. The van der Waals surface area contributed by atoms with E-state index in [1.54, 1.807) is 18.2 Å². The zero-order valence-corrected chi connectivity index (χ0v) is 15.2. The first-order chi connectivity index (χ1) is 11.9. The number of nitrogens with one attached hydrogen (secondary N) is 1. The van der Waals surface area contributed by atoms with Crippen LogP contribution in [-0.4, -0.2) is 22.6 Å². The van der Waals surface area contributed by atoms with Crippen LogP contribution in [0, 0.1) is 0 Å². The monoisotopic (exact) mass is 377 g/mol. The molecule has 0 radical (unpaired) electrons. The number of ether oxygens (including phenoxy) is 2. The van der Waals surface area contributed by atoms with Crippen LogP contribution in [-0.2, 0) is 10.0 Å². The summed E-state index contributed by atoms with van der Waals surface area (Å²) in [6.45, 7) is 0. The Hall–Kier alpha value is -2.44. The summed E-state index contributed by atoms with van der Waals surface area (Å²) in [5.41, 5.74) is 0.247. The minimum atomic E-state index is -3.80. The minimum Gasteiger partial charge on any atom is -0.495 e. The Morgan fingerprint density at radius 3 is 2.24 bits per heavy atom. The molecule has 130 valence electrons. The Morgan fingerprint density at radius 1 is 0.880 bits per heavy atom. The van der Waals surface area contributed by atoms with Crippen LogP contribution in [0.1, 0.15) is 0 Å². The summed E-state index contributed by atoms with van der Waals surface area (Å²) < 4.78 is 38.4. The Bertz CT molecular complexity index is 1030. The number of fused-ring (bicyclic) bond motifs is 1. The third-order valence-corrected chi connectivity index (χ3v) is 5.41. The van der Waals surface area contributed by atoms with Crippen molar-refractivity contribution in [3.63, 3.8) is 0 Å². The maximum absolute atomic E-state index is 12.8. The maximum Gasteiger partial charge on any atom is 0.262 e. The van der Waals surface area contributed by atoms with Crippen LogP contribution < -0.4 is 14.2 Å². The van der Waals surface area contributed by atoms with E-state index in [1.807, 2.05) is 24.3 Å². The van der Waals surface area contributed by atoms with Crippen molar-refractivity contribution < 1.29 is 17.9 Å². The molecular weight excluding hydrogens is 362 g/mol. The predicted octanol–water partition coefficient (Wildman–Crippen LogP) is 4.31. The van der Waals surface area contributed by atoms with Crippen molar-refractivity contribution in [1.82, 2.24) is 0 Å². The van der Waals surface area contributed by atoms with E-state index in [-0.39, 0.29) is 10.6 Å². The molecule has 7 heteroatoms. The molecule has 0 saturated heterocycles. The van der Waals surface area contributed by atoms with Gasteiger partial charge in [-0.3, -0.25) is 4.72 Å². The lowest BCUT2D eigenvalue weighted by atomic mass is 10.1. The van der Waals surface area contributed by atoms with Crippen LogP contribution >= 0.6 is 11.6 Å². The standard InChI is InChI=1S/C18H16ClNO4S/c1-23-17-11-16(18(24-2)10-15(17)19)20-25(21,22)14-8-7-12-5-3-4-6-13(12)9-14/h3-11,20H,1-2H3. The number of benzene rings is 3. The van der Waals surface area contributed by atoms with Crippen molar-refractivity contribution >= 4 is 38.1 Å². The second kappa shape index (κ2) is 6.82. The summed E-state index contributed by atoms with van der Waals surface area (Å²) in [5.74, 6) is 0.647. The van der Waals surface area contributed by atoms with Crippen molar-refractivity contribution in [2.45, 2.75) is 4.90 Å². The molecule has 1 N–H and O–H groups in total. The highest BCUT2D eigenvalue weighted by Crippen LogP contribution is 2.37. The fraction of sp³-hybridized carbons (Fsp3) is 0.111. The Balaban J connectivity index is 2.03. The van der Waals surface area contributed by atoms with Gasteiger partial charge in [-0.1, -0.05) is 41.9 Å². The van der Waals surface area contributed by atoms with Gasteiger partial charge in [0.1, 0.15) is 11.5 Å². The second-order valence-corrected chi connectivity index (χ2v) is 7.39. The van der Waals surface area contributed by atoms with Crippen molar-refractivity contribution in [2.75, 3.05) is 18.9 Å². The van der Waals surface area contributed by atoms with E-state index in [9.17, 15) is 8.42 Å². The molecule has 0 fully saturated rings. The summed E-state index contributed by atoms with van der Waals surface area (Å²) >= 11 is 6.05. The van der Waals surface area contributed by atoms with Crippen molar-refractivity contribution in [1.29, 1.82) is 0 Å². The molecule has 5 nitrogen and oxygen atoms in total. The van der Waals surface area contributed by atoms with Crippen LogP contribution in [0.4, 0.5) is 5.69 Å². The smallest absolute Gasteiger partial charge is 0.262 e. The third-order valence-electron chi connectivity index (χ3n) is 3.75. The molecule has 3 rings (SSSR count). The SMILES string of the molecule is COc1cc(NS(=O)(=O)c2ccc3ccccc3c2)c(OC)cc1Cl. The van der Waals surface area contributed by atoms with E-state index >= 15 is 0 Å². The highest BCUT2D eigenvalue weighted by atomic mass is 35.5. The molecule has 0 aromatic heterocycles. The quantitative estimate of drug-likeness (QED) is 0.719. The van der Waals surface area contributed by atoms with E-state index in [0.29, 0.717) is 16.5 Å². The molecule has 0 unspecified atom stereocenters. The zero-order valence-electron chi connectivity index (χ0n) is 13.6. The van der Waals surface area contributed by atoms with Gasteiger partial charge in [0.25, 0.3) is 10.0 Å². The summed E-state index contributed by atoms with van der Waals surface area (Å²) in [5, 5.41) is 2.13. The second-order valence-electron chi connectivity index (χ2n) is 5.30. The van der Waals surface area contributed by atoms with Gasteiger partial charge in [-0.2, -0.15) is 0 Å². The fourth-order valence-corrected chi connectivity index (χ4v) is 3.81. The molecule has 0 heterocycles. The van der Waals surface area contributed by atoms with Crippen LogP contribution in [0.15, 0.2) is 59.5 Å². The van der Waals surface area contributed by atoms with E-state index < -0.39 is 10.0 Å². The van der Waals surface area contributed by atoms with Gasteiger partial charge in [-0.05, 0) is 22.9 Å². The topological polar surface area (TPSA) is 64.6 Å². The van der Waals surface area contributed by atoms with E-state index in [2.05, 4.69) is 4.72 Å². The van der Waals surface area contributed by atoms with Crippen LogP contribution in [0.25, 0.3) is 10.8 Å². The Kier molecular flexibility index (Phi) is 4.74. The number of rotatable bonds is 5. The Morgan fingerprint density at radius 2 is 1.56 bits per heavy atom. The summed E-state index contributed by atoms with van der Waals surface area (Å²) in [4.78, 5) is 0.155. The van der Waals surface area contributed by atoms with Gasteiger partial charge in [0.05, 0.1) is 29.8 Å². The third kappa shape index (κ3) is 3.50. The van der Waals surface area contributed by atoms with Gasteiger partial charge in [0, 0.05) is 12.1 Å². The van der Waals surface area contributed by atoms with Gasteiger partial charge in [-0.15, -0.1) is 0 Å². The van der Waals surface area contributed by atoms with E-state index in [1.165, 1.54) is 26.4 Å². The zero-order chi connectivity index (χ0) is 18.0. The molecule has 0 atom stereocenters. The molecule has 0 saturated carbocycles. The van der Waals surface area contributed by atoms with E-state index in [4.69, 9.17) is 21.1 Å². The molecule has 0 aliphatic rings. The minimum absolute atomic E-state index is 0.155. The number of anilines is 1. The highest BCUT2D eigenvalue weighted by Gasteiger charge is 2.19. The molecular formula is C18H16ClNO4S. The van der Waals surface area contributed by atoms with Crippen LogP contribution in [0.3, 0.4) is 0 Å². The van der Waals surface area contributed by atoms with Crippen LogP contribution in [0.2, 0.25) is 5.02 Å². The Labute approximate surface area is 151 Å². The summed E-state index contributed by atoms with van der Waals surface area (Å²) in [6.07, 6.45) is 0. The lowest BCUT2D eigenvalue weighted by molar-refractivity contribution is 0.405. The lowest BCUT2D eigenvalue weighted by Gasteiger charge is -2.14. The van der Waals surface area contributed by atoms with Gasteiger partial charge >= 0.3 is 0 Å². The summed E-state index contributed by atoms with van der Waals surface area (Å²) in [6, 6.07) is 15.5. The van der Waals surface area contributed by atoms with E-state index in [0.717, 1.165) is 10.8 Å². The summed E-state index contributed by atoms with van der Waals surface area (Å²) in [7, 11) is -0.914. The number of methoxy groups -OCH3 is 2. The average Bonchev–Trinajstić information content (AvgIpc) is 2.62. The molecule has 3 aromatic carbocycles. The first-order valence-corrected chi connectivity index (χ1v) is 9.24. The van der Waals surface area contributed by atoms with Gasteiger partial charge in [-0.25, -0.2) is 8.42 Å². The number of hydrogen-bond acceptors (Lipinski definition) is 4. The number of sulfonamides is 1. The molecule has 25 heavy (non-hydrogen) atoms. The first-order valence-electron chi connectivity index (χ1n) is 7.38. The van der Waals surface area contributed by atoms with Gasteiger partial charge < -0.3 is 9.47 Å². The van der Waals surface area contributed by atoms with Crippen molar-refractivity contribution in [3.8, 4) is 11.5 Å². The normalized spacial score (nSPS) is 11.3. The fourth-order valence-electron chi connectivity index (χ4n) is 2.48. The number of hydrogen-bond donors (Lipinski definition) is 1. The molecule has 0 aliphatic heterocycles. The first kappa shape index (κ1) is 17.4. The average molecular weight is 378 g/mol. The number of halogens is 1.